The predicted molar refractivity (Wildman–Crippen MR) is 167 cm³/mol. The molecule has 8 heteroatoms. The molecular formula is C34H38N4O4. The fraction of sp³-hybridized carbons (Fsp3) is 0.235. The van der Waals surface area contributed by atoms with E-state index >= 15 is 0 Å². The van der Waals surface area contributed by atoms with E-state index in [0.717, 1.165) is 34.0 Å². The molecule has 218 valence electrons. The molecule has 0 fully saturated rings. The van der Waals surface area contributed by atoms with Gasteiger partial charge in [-0.2, -0.15) is 0 Å². The summed E-state index contributed by atoms with van der Waals surface area (Å²) in [4.78, 5) is 29.1. The van der Waals surface area contributed by atoms with E-state index in [-0.39, 0.29) is 11.8 Å². The van der Waals surface area contributed by atoms with Crippen molar-refractivity contribution in [1.82, 2.24) is 10.3 Å². The van der Waals surface area contributed by atoms with Crippen molar-refractivity contribution in [3.05, 3.63) is 114 Å². The molecule has 4 rings (SSSR count). The fourth-order valence-electron chi connectivity index (χ4n) is 4.41. The molecule has 42 heavy (non-hydrogen) atoms. The number of amides is 2. The molecule has 8 nitrogen and oxygen atoms in total. The molecule has 0 bridgehead atoms. The first-order valence-electron chi connectivity index (χ1n) is 13.9. The molecule has 0 saturated carbocycles. The van der Waals surface area contributed by atoms with Crippen LogP contribution in [0.1, 0.15) is 28.4 Å². The Labute approximate surface area is 247 Å². The molecule has 0 aliphatic heterocycles. The number of nitrogens with one attached hydrogen (secondary N) is 2. The Morgan fingerprint density at radius 3 is 2.02 bits per heavy atom. The zero-order valence-corrected chi connectivity index (χ0v) is 24.8. The zero-order valence-electron chi connectivity index (χ0n) is 24.8. The van der Waals surface area contributed by atoms with Gasteiger partial charge in [0.2, 0.25) is 0 Å². The highest BCUT2D eigenvalue weighted by Crippen LogP contribution is 2.25. The van der Waals surface area contributed by atoms with Crippen molar-refractivity contribution in [2.24, 2.45) is 0 Å². The van der Waals surface area contributed by atoms with Gasteiger partial charge in [-0.1, -0.05) is 29.8 Å². The average Bonchev–Trinajstić information content (AvgIpc) is 3.00. The Morgan fingerprint density at radius 1 is 0.833 bits per heavy atom. The van der Waals surface area contributed by atoms with Gasteiger partial charge in [0.25, 0.3) is 11.8 Å². The van der Waals surface area contributed by atoms with E-state index in [1.807, 2.05) is 118 Å². The smallest absolute Gasteiger partial charge is 0.263 e. The van der Waals surface area contributed by atoms with E-state index in [1.165, 1.54) is 5.01 Å². The first kappa shape index (κ1) is 30.0. The van der Waals surface area contributed by atoms with Gasteiger partial charge < -0.3 is 19.7 Å². The van der Waals surface area contributed by atoms with Crippen molar-refractivity contribution in [1.29, 1.82) is 0 Å². The fourth-order valence-corrected chi connectivity index (χ4v) is 4.41. The Hall–Kier alpha value is -4.98. The molecule has 2 amide bonds. The normalized spacial score (nSPS) is 11.3. The highest BCUT2D eigenvalue weighted by Gasteiger charge is 2.26. The number of hydrogen-bond acceptors (Lipinski definition) is 6. The maximum absolute atomic E-state index is 13.8. The number of aryl methyl sites for hydroxylation is 1. The van der Waals surface area contributed by atoms with E-state index in [9.17, 15) is 9.59 Å². The lowest BCUT2D eigenvalue weighted by Crippen LogP contribution is -2.51. The number of methoxy groups -OCH3 is 1. The van der Waals surface area contributed by atoms with E-state index in [2.05, 4.69) is 10.7 Å². The number of hydrogen-bond donors (Lipinski definition) is 2. The molecular weight excluding hydrogens is 528 g/mol. The lowest BCUT2D eigenvalue weighted by atomic mass is 10.0. The zero-order chi connectivity index (χ0) is 30.1. The van der Waals surface area contributed by atoms with Crippen LogP contribution in [-0.2, 0) is 11.2 Å². The number of nitrogens with zero attached hydrogens (tertiary/aromatic N) is 2. The topological polar surface area (TPSA) is 83.1 Å². The molecule has 1 atom stereocenters. The summed E-state index contributed by atoms with van der Waals surface area (Å²) in [6, 6.07) is 29.2. The molecule has 0 saturated heterocycles. The van der Waals surface area contributed by atoms with Crippen molar-refractivity contribution in [2.45, 2.75) is 26.3 Å². The average molecular weight is 567 g/mol. The van der Waals surface area contributed by atoms with Crippen LogP contribution in [0.3, 0.4) is 0 Å². The number of rotatable bonds is 12. The minimum atomic E-state index is -0.811. The Balaban J connectivity index is 1.51. The number of likely N-dealkylation sites (N-methyl/N-ethyl adjacent to an activating group) is 1. The molecule has 0 aromatic heterocycles. The summed E-state index contributed by atoms with van der Waals surface area (Å²) in [5.74, 6) is 1.57. The maximum atomic E-state index is 13.8. The van der Waals surface area contributed by atoms with Crippen LogP contribution in [-0.4, -0.2) is 50.6 Å². The Bertz CT molecular complexity index is 1470. The van der Waals surface area contributed by atoms with Crippen LogP contribution in [0.4, 0.5) is 11.4 Å². The van der Waals surface area contributed by atoms with Crippen molar-refractivity contribution in [3.63, 3.8) is 0 Å². The van der Waals surface area contributed by atoms with Gasteiger partial charge in [-0.15, -0.1) is 0 Å². The van der Waals surface area contributed by atoms with Crippen molar-refractivity contribution in [3.8, 4) is 17.2 Å². The van der Waals surface area contributed by atoms with Gasteiger partial charge in [0.15, 0.2) is 0 Å². The van der Waals surface area contributed by atoms with Crippen LogP contribution < -0.4 is 25.1 Å². The summed E-state index contributed by atoms with van der Waals surface area (Å²) in [7, 11) is 5.59. The maximum Gasteiger partial charge on any atom is 0.263 e. The van der Waals surface area contributed by atoms with Crippen LogP contribution in [0.25, 0.3) is 0 Å². The summed E-state index contributed by atoms with van der Waals surface area (Å²) < 4.78 is 11.2. The Morgan fingerprint density at radius 2 is 1.45 bits per heavy atom. The summed E-state index contributed by atoms with van der Waals surface area (Å²) in [6.07, 6.45) is 0.301. The third kappa shape index (κ3) is 8.04. The second-order valence-corrected chi connectivity index (χ2v) is 10.2. The van der Waals surface area contributed by atoms with Crippen molar-refractivity contribution >= 4 is 23.2 Å². The molecule has 4 aromatic rings. The molecule has 2 N–H and O–H groups in total. The van der Waals surface area contributed by atoms with Gasteiger partial charge >= 0.3 is 0 Å². The molecule has 0 heterocycles. The first-order valence-corrected chi connectivity index (χ1v) is 13.9. The van der Waals surface area contributed by atoms with Crippen LogP contribution in [0.5, 0.6) is 17.2 Å². The third-order valence-corrected chi connectivity index (χ3v) is 6.77. The van der Waals surface area contributed by atoms with Gasteiger partial charge in [-0.05, 0) is 92.2 Å². The number of carbonyl (C=O) groups excluding carboxylic acids is 2. The number of ether oxygens (including phenoxy) is 2. The quantitative estimate of drug-likeness (QED) is 0.202. The van der Waals surface area contributed by atoms with E-state index in [1.54, 1.807) is 19.2 Å². The summed E-state index contributed by atoms with van der Waals surface area (Å²) >= 11 is 0. The predicted octanol–water partition coefficient (Wildman–Crippen LogP) is 6.08. The van der Waals surface area contributed by atoms with Crippen molar-refractivity contribution in [2.75, 3.05) is 38.1 Å². The minimum Gasteiger partial charge on any atom is -0.497 e. The summed E-state index contributed by atoms with van der Waals surface area (Å²) in [6.45, 7) is 4.20. The van der Waals surface area contributed by atoms with Gasteiger partial charge in [0, 0.05) is 38.3 Å². The lowest BCUT2D eigenvalue weighted by molar-refractivity contribution is -0.131. The van der Waals surface area contributed by atoms with Crippen LogP contribution in [0.15, 0.2) is 97.1 Å². The van der Waals surface area contributed by atoms with Gasteiger partial charge in [-0.3, -0.25) is 20.0 Å². The SMILES string of the molecule is CCN(Nc1ccc(OC)cc1)C(=O)C(Cc1ccc(Oc2ccc(N(C)C)cc2)cc1)NC(=O)c1cccc(C)c1. The minimum absolute atomic E-state index is 0.254. The lowest BCUT2D eigenvalue weighted by Gasteiger charge is -2.28. The van der Waals surface area contributed by atoms with Crippen molar-refractivity contribution < 1.29 is 19.1 Å². The molecule has 4 aromatic carbocycles. The largest absolute Gasteiger partial charge is 0.497 e. The van der Waals surface area contributed by atoms with E-state index < -0.39 is 6.04 Å². The number of benzene rings is 4. The second-order valence-electron chi connectivity index (χ2n) is 10.2. The first-order chi connectivity index (χ1) is 20.2. The molecule has 0 radical (unpaired) electrons. The number of anilines is 2. The summed E-state index contributed by atoms with van der Waals surface area (Å²) in [5, 5.41) is 4.48. The Kier molecular flexibility index (Phi) is 10.1. The molecule has 0 aliphatic carbocycles. The second kappa shape index (κ2) is 14.1. The standard InChI is InChI=1S/C34H38N4O4/c1-6-38(36-27-12-18-29(41-5)19-13-27)34(40)32(35-33(39)26-9-7-8-24(2)22-26)23-25-10-16-30(17-11-25)42-31-20-14-28(15-21-31)37(3)4/h7-22,32,36H,6,23H2,1-5H3,(H,35,39). The number of carbonyl (C=O) groups is 2. The van der Waals surface area contributed by atoms with E-state index in [0.29, 0.717) is 24.3 Å². The van der Waals surface area contributed by atoms with Gasteiger partial charge in [0.05, 0.1) is 12.8 Å². The third-order valence-electron chi connectivity index (χ3n) is 6.77. The number of hydrazine groups is 1. The van der Waals surface area contributed by atoms with Crippen LogP contribution >= 0.6 is 0 Å². The van der Waals surface area contributed by atoms with Gasteiger partial charge in [0.1, 0.15) is 23.3 Å². The summed E-state index contributed by atoms with van der Waals surface area (Å²) in [5.41, 5.74) is 7.34. The van der Waals surface area contributed by atoms with Gasteiger partial charge in [-0.25, -0.2) is 0 Å². The van der Waals surface area contributed by atoms with E-state index in [4.69, 9.17) is 9.47 Å². The van der Waals surface area contributed by atoms with Crippen LogP contribution in [0, 0.1) is 6.92 Å². The monoisotopic (exact) mass is 566 g/mol. The highest BCUT2D eigenvalue weighted by molar-refractivity contribution is 5.98. The molecule has 0 aliphatic rings. The molecule has 0 spiro atoms. The highest BCUT2D eigenvalue weighted by atomic mass is 16.5. The molecule has 1 unspecified atom stereocenters. The van der Waals surface area contributed by atoms with Crippen LogP contribution in [0.2, 0.25) is 0 Å².